The van der Waals surface area contributed by atoms with E-state index in [1.165, 1.54) is 89.9 Å². The summed E-state index contributed by atoms with van der Waals surface area (Å²) < 4.78 is 16.7. The number of carbonyl (C=O) groups is 3. The van der Waals surface area contributed by atoms with Crippen molar-refractivity contribution < 1.29 is 28.6 Å². The summed E-state index contributed by atoms with van der Waals surface area (Å²) in [6, 6.07) is 0. The molecule has 0 N–H and O–H groups in total. The quantitative estimate of drug-likeness (QED) is 0.0262. The standard InChI is InChI=1S/C62H104O6/c1-4-7-10-13-15-17-19-21-23-25-26-27-28-29-30-31-32-33-34-35-36-37-39-40-42-44-46-49-52-55-61(64)67-58-59(57-66-60(63)54-51-48-12-9-6-3)68-62(65)56-53-50-47-45-43-41-38-24-22-20-18-16-14-11-8-5-2/h7,10,15,17,21,23,26-27,29-30,32-33,35-36,39-40,59H,4-6,8-9,11-14,16,18-20,22,24-25,28,31,34,37-38,41-58H2,1-3H3/b10-7-,17-15-,23-21-,27-26-,30-29-,33-32-,36-35-,40-39-. The Kier molecular flexibility index (Phi) is 52.9. The smallest absolute Gasteiger partial charge is 0.306 e. The molecule has 0 saturated heterocycles. The number of esters is 3. The number of hydrogen-bond donors (Lipinski definition) is 0. The molecule has 6 heteroatoms. The Labute approximate surface area is 419 Å². The van der Waals surface area contributed by atoms with E-state index in [4.69, 9.17) is 14.2 Å². The first-order valence-corrected chi connectivity index (χ1v) is 28.2. The van der Waals surface area contributed by atoms with E-state index in [1.54, 1.807) is 0 Å². The van der Waals surface area contributed by atoms with Crippen molar-refractivity contribution in [2.75, 3.05) is 13.2 Å². The van der Waals surface area contributed by atoms with Crippen LogP contribution >= 0.6 is 0 Å². The maximum Gasteiger partial charge on any atom is 0.306 e. The molecular formula is C62H104O6. The van der Waals surface area contributed by atoms with Crippen molar-refractivity contribution in [1.82, 2.24) is 0 Å². The monoisotopic (exact) mass is 945 g/mol. The van der Waals surface area contributed by atoms with Gasteiger partial charge < -0.3 is 14.2 Å². The first kappa shape index (κ1) is 64.3. The maximum atomic E-state index is 12.8. The number of rotatable bonds is 50. The fraction of sp³-hybridized carbons (Fsp3) is 0.694. The van der Waals surface area contributed by atoms with E-state index in [1.807, 2.05) is 0 Å². The van der Waals surface area contributed by atoms with Gasteiger partial charge in [-0.15, -0.1) is 0 Å². The molecule has 0 amide bonds. The molecule has 0 aliphatic heterocycles. The SMILES string of the molecule is CC/C=C\C/C=C\C/C=C\C/C=C\C/C=C\C/C=C\C/C=C\C/C=C\CCCCCCC(=O)OCC(COC(=O)CCCCCCC)OC(=O)CCCCCCCCCCCCCCCCCC. The van der Waals surface area contributed by atoms with Gasteiger partial charge in [0, 0.05) is 19.3 Å². The zero-order valence-electron chi connectivity index (χ0n) is 44.3. The van der Waals surface area contributed by atoms with Crippen molar-refractivity contribution in [3.63, 3.8) is 0 Å². The van der Waals surface area contributed by atoms with Gasteiger partial charge in [-0.1, -0.05) is 253 Å². The topological polar surface area (TPSA) is 78.9 Å². The Hall–Kier alpha value is -3.67. The van der Waals surface area contributed by atoms with Gasteiger partial charge in [-0.3, -0.25) is 14.4 Å². The normalized spacial score (nSPS) is 12.8. The molecule has 0 rings (SSSR count). The summed E-state index contributed by atoms with van der Waals surface area (Å²) in [6.45, 7) is 6.43. The van der Waals surface area contributed by atoms with Crippen LogP contribution < -0.4 is 0 Å². The van der Waals surface area contributed by atoms with Crippen LogP contribution in [0.25, 0.3) is 0 Å². The van der Waals surface area contributed by atoms with Gasteiger partial charge in [0.15, 0.2) is 6.10 Å². The van der Waals surface area contributed by atoms with E-state index < -0.39 is 6.10 Å². The Morgan fingerprint density at radius 1 is 0.309 bits per heavy atom. The van der Waals surface area contributed by atoms with Crippen LogP contribution in [0.2, 0.25) is 0 Å². The second kappa shape index (κ2) is 55.9. The summed E-state index contributed by atoms with van der Waals surface area (Å²) in [5.74, 6) is -0.922. The minimum absolute atomic E-state index is 0.0848. The zero-order chi connectivity index (χ0) is 49.3. The number of allylic oxidation sites excluding steroid dienone is 16. The molecule has 0 bridgehead atoms. The molecule has 0 radical (unpaired) electrons. The van der Waals surface area contributed by atoms with E-state index in [0.717, 1.165) is 128 Å². The minimum atomic E-state index is -0.783. The Balaban J connectivity index is 4.16. The molecule has 0 aromatic heterocycles. The third kappa shape index (κ3) is 53.3. The van der Waals surface area contributed by atoms with Crippen molar-refractivity contribution >= 4 is 17.9 Å². The molecule has 68 heavy (non-hydrogen) atoms. The molecule has 0 fully saturated rings. The lowest BCUT2D eigenvalue weighted by atomic mass is 10.0. The maximum absolute atomic E-state index is 12.8. The van der Waals surface area contributed by atoms with E-state index in [2.05, 4.69) is 118 Å². The van der Waals surface area contributed by atoms with Crippen LogP contribution in [0.15, 0.2) is 97.2 Å². The molecule has 0 aromatic carbocycles. The van der Waals surface area contributed by atoms with Crippen LogP contribution in [0.5, 0.6) is 0 Å². The molecule has 0 aromatic rings. The number of unbranched alkanes of at least 4 members (excludes halogenated alkanes) is 23. The van der Waals surface area contributed by atoms with Crippen LogP contribution in [0, 0.1) is 0 Å². The average molecular weight is 946 g/mol. The average Bonchev–Trinajstić information content (AvgIpc) is 3.34. The molecular weight excluding hydrogens is 841 g/mol. The van der Waals surface area contributed by atoms with Gasteiger partial charge in [0.1, 0.15) is 13.2 Å². The van der Waals surface area contributed by atoms with Gasteiger partial charge in [-0.2, -0.15) is 0 Å². The largest absolute Gasteiger partial charge is 0.462 e. The van der Waals surface area contributed by atoms with Crippen molar-refractivity contribution in [3.05, 3.63) is 97.2 Å². The first-order valence-electron chi connectivity index (χ1n) is 28.2. The molecule has 1 atom stereocenters. The second-order valence-corrected chi connectivity index (χ2v) is 18.5. The van der Waals surface area contributed by atoms with Gasteiger partial charge in [0.05, 0.1) is 0 Å². The molecule has 0 heterocycles. The summed E-state index contributed by atoms with van der Waals surface area (Å²) in [4.78, 5) is 37.7. The lowest BCUT2D eigenvalue weighted by Crippen LogP contribution is -2.30. The van der Waals surface area contributed by atoms with E-state index in [-0.39, 0.29) is 31.1 Å². The van der Waals surface area contributed by atoms with E-state index in [9.17, 15) is 14.4 Å². The molecule has 0 aliphatic carbocycles. The molecule has 388 valence electrons. The summed E-state index contributed by atoms with van der Waals surface area (Å²) in [5.41, 5.74) is 0. The van der Waals surface area contributed by atoms with Gasteiger partial charge in [-0.05, 0) is 83.5 Å². The van der Waals surface area contributed by atoms with Crippen molar-refractivity contribution in [2.45, 2.75) is 264 Å². The third-order valence-electron chi connectivity index (χ3n) is 11.9. The third-order valence-corrected chi connectivity index (χ3v) is 11.9. The number of carbonyl (C=O) groups excluding carboxylic acids is 3. The molecule has 0 spiro atoms. The molecule has 1 unspecified atom stereocenters. The summed E-state index contributed by atoms with van der Waals surface area (Å²) in [7, 11) is 0. The summed E-state index contributed by atoms with van der Waals surface area (Å²) >= 11 is 0. The predicted octanol–water partition coefficient (Wildman–Crippen LogP) is 18.9. The number of hydrogen-bond acceptors (Lipinski definition) is 6. The van der Waals surface area contributed by atoms with Crippen LogP contribution in [0.1, 0.15) is 258 Å². The van der Waals surface area contributed by atoms with Gasteiger partial charge in [-0.25, -0.2) is 0 Å². The van der Waals surface area contributed by atoms with Gasteiger partial charge >= 0.3 is 17.9 Å². The fourth-order valence-corrected chi connectivity index (χ4v) is 7.63. The van der Waals surface area contributed by atoms with Gasteiger partial charge in [0.25, 0.3) is 0 Å². The lowest BCUT2D eigenvalue weighted by molar-refractivity contribution is -0.167. The highest BCUT2D eigenvalue weighted by Gasteiger charge is 2.19. The van der Waals surface area contributed by atoms with Crippen molar-refractivity contribution in [3.8, 4) is 0 Å². The second-order valence-electron chi connectivity index (χ2n) is 18.5. The van der Waals surface area contributed by atoms with Crippen molar-refractivity contribution in [1.29, 1.82) is 0 Å². The Morgan fingerprint density at radius 2 is 0.574 bits per heavy atom. The van der Waals surface area contributed by atoms with E-state index >= 15 is 0 Å². The van der Waals surface area contributed by atoms with Gasteiger partial charge in [0.2, 0.25) is 0 Å². The highest BCUT2D eigenvalue weighted by atomic mass is 16.6. The van der Waals surface area contributed by atoms with Crippen LogP contribution in [-0.4, -0.2) is 37.2 Å². The number of ether oxygens (including phenoxy) is 3. The lowest BCUT2D eigenvalue weighted by Gasteiger charge is -2.18. The summed E-state index contributed by atoms with van der Waals surface area (Å²) in [5, 5.41) is 0. The summed E-state index contributed by atoms with van der Waals surface area (Å²) in [6.07, 6.45) is 74.4. The highest BCUT2D eigenvalue weighted by Crippen LogP contribution is 2.15. The first-order chi connectivity index (χ1) is 33.5. The van der Waals surface area contributed by atoms with E-state index in [0.29, 0.717) is 19.3 Å². The zero-order valence-corrected chi connectivity index (χ0v) is 44.3. The van der Waals surface area contributed by atoms with Crippen molar-refractivity contribution in [2.24, 2.45) is 0 Å². The fourth-order valence-electron chi connectivity index (χ4n) is 7.63. The molecule has 0 aliphatic rings. The van der Waals surface area contributed by atoms with Crippen LogP contribution in [-0.2, 0) is 28.6 Å². The van der Waals surface area contributed by atoms with Crippen LogP contribution in [0.3, 0.4) is 0 Å². The molecule has 6 nitrogen and oxygen atoms in total. The Bertz CT molecular complexity index is 1360. The minimum Gasteiger partial charge on any atom is -0.462 e. The highest BCUT2D eigenvalue weighted by molar-refractivity contribution is 5.71. The van der Waals surface area contributed by atoms with Crippen LogP contribution in [0.4, 0.5) is 0 Å². The predicted molar refractivity (Wildman–Crippen MR) is 293 cm³/mol. The molecule has 0 saturated carbocycles. The Morgan fingerprint density at radius 3 is 0.897 bits per heavy atom.